The van der Waals surface area contributed by atoms with Crippen LogP contribution in [0, 0.1) is 10.5 Å². The SMILES string of the molecule is CCOC(=O)c1c(S(=O)(=O)Nc2ccccc2I)n[nH]c1C. The molecule has 0 fully saturated rings. The number of hydrogen-bond donors (Lipinski definition) is 2. The Morgan fingerprint density at radius 1 is 1.41 bits per heavy atom. The van der Waals surface area contributed by atoms with E-state index in [4.69, 9.17) is 4.74 Å². The van der Waals surface area contributed by atoms with E-state index in [1.165, 1.54) is 0 Å². The molecule has 0 aliphatic rings. The Kier molecular flexibility index (Phi) is 5.06. The first-order valence-corrected chi connectivity index (χ1v) is 8.92. The van der Waals surface area contributed by atoms with Gasteiger partial charge in [0.1, 0.15) is 5.56 Å². The summed E-state index contributed by atoms with van der Waals surface area (Å²) in [6.45, 7) is 3.35. The van der Waals surface area contributed by atoms with Crippen molar-refractivity contribution >= 4 is 44.3 Å². The molecular weight excluding hydrogens is 421 g/mol. The van der Waals surface area contributed by atoms with E-state index in [-0.39, 0.29) is 17.2 Å². The fraction of sp³-hybridized carbons (Fsp3) is 0.231. The van der Waals surface area contributed by atoms with Crippen LogP contribution in [-0.4, -0.2) is 31.2 Å². The zero-order chi connectivity index (χ0) is 16.3. The molecule has 0 atom stereocenters. The number of ether oxygens (including phenoxy) is 1. The van der Waals surface area contributed by atoms with Gasteiger partial charge in [0.05, 0.1) is 12.3 Å². The van der Waals surface area contributed by atoms with Gasteiger partial charge in [-0.15, -0.1) is 0 Å². The first kappa shape index (κ1) is 16.7. The summed E-state index contributed by atoms with van der Waals surface area (Å²) in [4.78, 5) is 11.9. The Hall–Kier alpha value is -1.62. The number of H-pyrrole nitrogens is 1. The molecule has 0 aliphatic carbocycles. The molecule has 0 bridgehead atoms. The van der Waals surface area contributed by atoms with E-state index in [0.717, 1.165) is 3.57 Å². The number of nitrogens with zero attached hydrogens (tertiary/aromatic N) is 1. The van der Waals surface area contributed by atoms with Gasteiger partial charge in [-0.05, 0) is 48.6 Å². The number of para-hydroxylation sites is 1. The van der Waals surface area contributed by atoms with Crippen molar-refractivity contribution in [1.29, 1.82) is 0 Å². The largest absolute Gasteiger partial charge is 0.462 e. The van der Waals surface area contributed by atoms with E-state index in [2.05, 4.69) is 14.9 Å². The predicted octanol–water partition coefficient (Wildman–Crippen LogP) is 2.30. The fourth-order valence-electron chi connectivity index (χ4n) is 1.78. The molecule has 2 aromatic rings. The number of carbonyl (C=O) groups is 1. The van der Waals surface area contributed by atoms with E-state index in [1.54, 1.807) is 38.1 Å². The number of hydrogen-bond acceptors (Lipinski definition) is 5. The molecule has 0 amide bonds. The molecule has 1 aromatic carbocycles. The summed E-state index contributed by atoms with van der Waals surface area (Å²) in [5, 5.41) is 5.88. The number of sulfonamides is 1. The van der Waals surface area contributed by atoms with Crippen molar-refractivity contribution in [2.75, 3.05) is 11.3 Å². The maximum atomic E-state index is 12.5. The minimum Gasteiger partial charge on any atom is -0.462 e. The second kappa shape index (κ2) is 6.65. The van der Waals surface area contributed by atoms with Gasteiger partial charge in [0.2, 0.25) is 5.03 Å². The van der Waals surface area contributed by atoms with E-state index in [9.17, 15) is 13.2 Å². The van der Waals surface area contributed by atoms with Crippen LogP contribution in [0.2, 0.25) is 0 Å². The average Bonchev–Trinajstić information content (AvgIpc) is 2.84. The lowest BCUT2D eigenvalue weighted by Crippen LogP contribution is -2.18. The molecule has 118 valence electrons. The molecule has 0 saturated heterocycles. The number of benzene rings is 1. The third-order valence-corrected chi connectivity index (χ3v) is 5.00. The van der Waals surface area contributed by atoms with E-state index < -0.39 is 16.0 Å². The van der Waals surface area contributed by atoms with E-state index >= 15 is 0 Å². The van der Waals surface area contributed by atoms with Gasteiger partial charge in [-0.3, -0.25) is 9.82 Å². The number of nitrogens with one attached hydrogen (secondary N) is 2. The van der Waals surface area contributed by atoms with Crippen LogP contribution >= 0.6 is 22.6 Å². The Bertz CT molecular complexity index is 801. The molecule has 2 N–H and O–H groups in total. The minimum atomic E-state index is -4.01. The zero-order valence-electron chi connectivity index (χ0n) is 11.9. The van der Waals surface area contributed by atoms with Gasteiger partial charge in [-0.1, -0.05) is 12.1 Å². The van der Waals surface area contributed by atoms with Crippen LogP contribution in [-0.2, 0) is 14.8 Å². The number of anilines is 1. The smallest absolute Gasteiger partial charge is 0.343 e. The number of aryl methyl sites for hydroxylation is 1. The summed E-state index contributed by atoms with van der Waals surface area (Å²) < 4.78 is 33.0. The highest BCUT2D eigenvalue weighted by molar-refractivity contribution is 14.1. The Morgan fingerprint density at radius 2 is 2.09 bits per heavy atom. The molecule has 1 aromatic heterocycles. The number of aromatic nitrogens is 2. The fourth-order valence-corrected chi connectivity index (χ4v) is 3.72. The third kappa shape index (κ3) is 3.40. The van der Waals surface area contributed by atoms with E-state index in [1.807, 2.05) is 22.6 Å². The number of aromatic amines is 1. The summed E-state index contributed by atoms with van der Waals surface area (Å²) >= 11 is 2.01. The first-order chi connectivity index (χ1) is 10.4. The van der Waals surface area contributed by atoms with Crippen LogP contribution in [0.4, 0.5) is 5.69 Å². The topological polar surface area (TPSA) is 101 Å². The van der Waals surface area contributed by atoms with Crippen molar-refractivity contribution < 1.29 is 17.9 Å². The lowest BCUT2D eigenvalue weighted by Gasteiger charge is -2.09. The standard InChI is InChI=1S/C13H14IN3O4S/c1-3-21-13(18)11-8(2)15-16-12(11)22(19,20)17-10-7-5-4-6-9(10)14/h4-7,17H,3H2,1-2H3,(H,15,16). The van der Waals surface area contributed by atoms with Gasteiger partial charge >= 0.3 is 5.97 Å². The van der Waals surface area contributed by atoms with Crippen molar-refractivity contribution in [3.63, 3.8) is 0 Å². The number of halogens is 1. The normalized spacial score (nSPS) is 11.2. The quantitative estimate of drug-likeness (QED) is 0.555. The Balaban J connectivity index is 2.43. The predicted molar refractivity (Wildman–Crippen MR) is 89.2 cm³/mol. The second-order valence-corrected chi connectivity index (χ2v) is 7.09. The lowest BCUT2D eigenvalue weighted by atomic mass is 10.3. The molecule has 0 saturated carbocycles. The molecule has 7 nitrogen and oxygen atoms in total. The molecule has 22 heavy (non-hydrogen) atoms. The maximum absolute atomic E-state index is 12.5. The van der Waals surface area contributed by atoms with Crippen molar-refractivity contribution in [2.24, 2.45) is 0 Å². The van der Waals surface area contributed by atoms with Crippen LogP contribution in [0.1, 0.15) is 23.0 Å². The molecule has 0 radical (unpaired) electrons. The molecule has 0 spiro atoms. The monoisotopic (exact) mass is 435 g/mol. The number of esters is 1. The first-order valence-electron chi connectivity index (χ1n) is 6.36. The molecular formula is C13H14IN3O4S. The van der Waals surface area contributed by atoms with Gasteiger partial charge in [0, 0.05) is 9.26 Å². The summed E-state index contributed by atoms with van der Waals surface area (Å²) in [5.74, 6) is -0.725. The summed E-state index contributed by atoms with van der Waals surface area (Å²) in [5.41, 5.74) is 0.667. The summed E-state index contributed by atoms with van der Waals surface area (Å²) in [6.07, 6.45) is 0. The van der Waals surface area contributed by atoms with Crippen LogP contribution in [0.3, 0.4) is 0 Å². The van der Waals surface area contributed by atoms with Crippen LogP contribution in [0.15, 0.2) is 29.3 Å². The van der Waals surface area contributed by atoms with Gasteiger partial charge in [-0.2, -0.15) is 13.5 Å². The number of carbonyl (C=O) groups excluding carboxylic acids is 1. The maximum Gasteiger partial charge on any atom is 0.343 e. The molecule has 2 rings (SSSR count). The van der Waals surface area contributed by atoms with Crippen molar-refractivity contribution in [3.05, 3.63) is 39.1 Å². The van der Waals surface area contributed by atoms with Gasteiger partial charge in [-0.25, -0.2) is 4.79 Å². The van der Waals surface area contributed by atoms with Crippen molar-refractivity contribution in [3.8, 4) is 0 Å². The Labute approximate surface area is 141 Å². The second-order valence-electron chi connectivity index (χ2n) is 4.33. The van der Waals surface area contributed by atoms with Crippen molar-refractivity contribution in [2.45, 2.75) is 18.9 Å². The Morgan fingerprint density at radius 3 is 2.73 bits per heavy atom. The molecule has 0 aliphatic heterocycles. The lowest BCUT2D eigenvalue weighted by molar-refractivity contribution is 0.0521. The molecule has 9 heteroatoms. The summed E-state index contributed by atoms with van der Waals surface area (Å²) in [7, 11) is -4.01. The molecule has 0 unspecified atom stereocenters. The van der Waals surface area contributed by atoms with Crippen LogP contribution in [0.25, 0.3) is 0 Å². The third-order valence-electron chi connectivity index (χ3n) is 2.77. The minimum absolute atomic E-state index is 0.0831. The van der Waals surface area contributed by atoms with Crippen LogP contribution in [0.5, 0.6) is 0 Å². The zero-order valence-corrected chi connectivity index (χ0v) is 14.9. The van der Waals surface area contributed by atoms with Gasteiger partial charge in [0.15, 0.2) is 0 Å². The average molecular weight is 435 g/mol. The highest BCUT2D eigenvalue weighted by atomic mass is 127. The van der Waals surface area contributed by atoms with Gasteiger partial charge in [0.25, 0.3) is 10.0 Å². The highest BCUT2D eigenvalue weighted by Crippen LogP contribution is 2.23. The molecule has 1 heterocycles. The highest BCUT2D eigenvalue weighted by Gasteiger charge is 2.29. The summed E-state index contributed by atoms with van der Waals surface area (Å²) in [6, 6.07) is 6.90. The van der Waals surface area contributed by atoms with Crippen LogP contribution < -0.4 is 4.72 Å². The van der Waals surface area contributed by atoms with E-state index in [0.29, 0.717) is 11.4 Å². The van der Waals surface area contributed by atoms with Crippen molar-refractivity contribution in [1.82, 2.24) is 10.2 Å². The number of rotatable bonds is 5. The van der Waals surface area contributed by atoms with Gasteiger partial charge < -0.3 is 4.74 Å².